The van der Waals surface area contributed by atoms with Crippen LogP contribution in [0.4, 0.5) is 0 Å². The average molecular weight is 325 g/mol. The third-order valence-electron chi connectivity index (χ3n) is 2.01. The number of halogens is 2. The molecule has 0 saturated heterocycles. The summed E-state index contributed by atoms with van der Waals surface area (Å²) in [7, 11) is 1.68. The quantitative estimate of drug-likeness (QED) is 0.595. The fourth-order valence-corrected chi connectivity index (χ4v) is 1.83. The lowest BCUT2D eigenvalue weighted by Crippen LogP contribution is -2.08. The number of hydrogen-bond acceptors (Lipinski definition) is 1. The van der Waals surface area contributed by atoms with E-state index in [1.54, 1.807) is 7.11 Å². The van der Waals surface area contributed by atoms with Crippen molar-refractivity contribution in [2.75, 3.05) is 13.7 Å². The first-order valence-corrected chi connectivity index (χ1v) is 6.11. The van der Waals surface area contributed by atoms with E-state index in [0.717, 1.165) is 12.8 Å². The van der Waals surface area contributed by atoms with Crippen LogP contribution in [0.25, 0.3) is 0 Å². The molecule has 0 saturated carbocycles. The first-order valence-electron chi connectivity index (χ1n) is 4.60. The van der Waals surface area contributed by atoms with Gasteiger partial charge in [-0.1, -0.05) is 12.1 Å². The smallest absolute Gasteiger partial charge is 0.0626 e. The van der Waals surface area contributed by atoms with Gasteiger partial charge in [0.1, 0.15) is 0 Å². The molecular weight excluding hydrogens is 310 g/mol. The first-order chi connectivity index (χ1) is 6.72. The van der Waals surface area contributed by atoms with Crippen molar-refractivity contribution in [2.24, 2.45) is 0 Å². The Hall–Kier alpha value is 0.200. The third-order valence-corrected chi connectivity index (χ3v) is 3.07. The summed E-state index contributed by atoms with van der Waals surface area (Å²) in [5.41, 5.74) is 1.34. The van der Waals surface area contributed by atoms with E-state index >= 15 is 0 Å². The molecule has 0 heterocycles. The predicted molar refractivity (Wildman–Crippen MR) is 69.0 cm³/mol. The van der Waals surface area contributed by atoms with Gasteiger partial charge in [-0.2, -0.15) is 0 Å². The largest absolute Gasteiger partial charge is 0.383 e. The Bertz CT molecular complexity index is 260. The average Bonchev–Trinajstić information content (AvgIpc) is 2.17. The van der Waals surface area contributed by atoms with Gasteiger partial charge in [-0.05, 0) is 53.1 Å². The molecule has 0 amide bonds. The van der Waals surface area contributed by atoms with Gasteiger partial charge in [0.25, 0.3) is 0 Å². The molecule has 1 nitrogen and oxygen atoms in total. The van der Waals surface area contributed by atoms with Crippen molar-refractivity contribution in [3.8, 4) is 0 Å². The number of alkyl halides is 1. The highest BCUT2D eigenvalue weighted by molar-refractivity contribution is 14.1. The SMILES string of the molecule is COCC(Cl)CCc1ccc(I)cc1. The predicted octanol–water partition coefficient (Wildman–Crippen LogP) is 3.48. The summed E-state index contributed by atoms with van der Waals surface area (Å²) in [6.07, 6.45) is 1.99. The number of ether oxygens (including phenoxy) is 1. The van der Waals surface area contributed by atoms with Crippen LogP contribution in [0.15, 0.2) is 24.3 Å². The van der Waals surface area contributed by atoms with Gasteiger partial charge in [0.15, 0.2) is 0 Å². The van der Waals surface area contributed by atoms with Crippen molar-refractivity contribution in [1.29, 1.82) is 0 Å². The molecule has 0 bridgehead atoms. The van der Waals surface area contributed by atoms with E-state index in [2.05, 4.69) is 46.9 Å². The molecule has 78 valence electrons. The highest BCUT2D eigenvalue weighted by Gasteiger charge is 2.03. The van der Waals surface area contributed by atoms with E-state index in [0.29, 0.717) is 6.61 Å². The van der Waals surface area contributed by atoms with Gasteiger partial charge in [0, 0.05) is 10.7 Å². The van der Waals surface area contributed by atoms with E-state index in [-0.39, 0.29) is 5.38 Å². The molecular formula is C11H14ClIO. The van der Waals surface area contributed by atoms with E-state index in [4.69, 9.17) is 16.3 Å². The summed E-state index contributed by atoms with van der Waals surface area (Å²) in [6, 6.07) is 8.54. The number of rotatable bonds is 5. The molecule has 1 aromatic rings. The van der Waals surface area contributed by atoms with Crippen molar-refractivity contribution in [3.63, 3.8) is 0 Å². The van der Waals surface area contributed by atoms with Gasteiger partial charge < -0.3 is 4.74 Å². The lowest BCUT2D eigenvalue weighted by atomic mass is 10.1. The molecule has 14 heavy (non-hydrogen) atoms. The molecule has 3 heteroatoms. The van der Waals surface area contributed by atoms with E-state index in [1.807, 2.05) is 0 Å². The monoisotopic (exact) mass is 324 g/mol. The Morgan fingerprint density at radius 3 is 2.57 bits per heavy atom. The van der Waals surface area contributed by atoms with Crippen LogP contribution in [-0.2, 0) is 11.2 Å². The van der Waals surface area contributed by atoms with Crippen LogP contribution >= 0.6 is 34.2 Å². The molecule has 0 aliphatic rings. The molecule has 0 aromatic heterocycles. The number of methoxy groups -OCH3 is 1. The molecule has 0 aliphatic heterocycles. The second-order valence-corrected chi connectivity index (χ2v) is 5.08. The second kappa shape index (κ2) is 6.64. The first kappa shape index (κ1) is 12.3. The lowest BCUT2D eigenvalue weighted by Gasteiger charge is -2.07. The maximum absolute atomic E-state index is 6.04. The molecule has 0 radical (unpaired) electrons. The topological polar surface area (TPSA) is 9.23 Å². The van der Waals surface area contributed by atoms with E-state index in [9.17, 15) is 0 Å². The standard InChI is InChI=1S/C11H14ClIO/c1-14-8-10(12)5-2-9-3-6-11(13)7-4-9/h3-4,6-7,10H,2,5,8H2,1H3. The number of hydrogen-bond donors (Lipinski definition) is 0. The Balaban J connectivity index is 2.34. The number of aryl methyl sites for hydroxylation is 1. The minimum Gasteiger partial charge on any atom is -0.383 e. The van der Waals surface area contributed by atoms with Gasteiger partial charge in [0.05, 0.1) is 12.0 Å². The van der Waals surface area contributed by atoms with Crippen molar-refractivity contribution >= 4 is 34.2 Å². The van der Waals surface area contributed by atoms with Crippen molar-refractivity contribution in [1.82, 2.24) is 0 Å². The van der Waals surface area contributed by atoms with E-state index < -0.39 is 0 Å². The van der Waals surface area contributed by atoms with Crippen LogP contribution in [0.1, 0.15) is 12.0 Å². The zero-order chi connectivity index (χ0) is 10.4. The summed E-state index contributed by atoms with van der Waals surface area (Å²) in [5.74, 6) is 0. The van der Waals surface area contributed by atoms with Crippen molar-refractivity contribution in [2.45, 2.75) is 18.2 Å². The summed E-state index contributed by atoms with van der Waals surface area (Å²) >= 11 is 8.34. The Labute approximate surface area is 104 Å². The summed E-state index contributed by atoms with van der Waals surface area (Å²) in [6.45, 7) is 0.631. The van der Waals surface area contributed by atoms with Gasteiger partial charge >= 0.3 is 0 Å². The van der Waals surface area contributed by atoms with Crippen LogP contribution in [0.2, 0.25) is 0 Å². The van der Waals surface area contributed by atoms with Gasteiger partial charge in [-0.15, -0.1) is 11.6 Å². The molecule has 1 aromatic carbocycles. The van der Waals surface area contributed by atoms with Gasteiger partial charge in [0.2, 0.25) is 0 Å². The molecule has 0 N–H and O–H groups in total. The normalized spacial score (nSPS) is 12.8. The molecule has 1 rings (SSSR count). The third kappa shape index (κ3) is 4.62. The van der Waals surface area contributed by atoms with Crippen LogP contribution in [0, 0.1) is 3.57 Å². The highest BCUT2D eigenvalue weighted by Crippen LogP contribution is 2.11. The van der Waals surface area contributed by atoms with Crippen LogP contribution < -0.4 is 0 Å². The zero-order valence-corrected chi connectivity index (χ0v) is 11.1. The molecule has 0 fully saturated rings. The van der Waals surface area contributed by atoms with Crippen LogP contribution in [0.3, 0.4) is 0 Å². The highest BCUT2D eigenvalue weighted by atomic mass is 127. The summed E-state index contributed by atoms with van der Waals surface area (Å²) in [5, 5.41) is 0.124. The zero-order valence-electron chi connectivity index (χ0n) is 8.17. The molecule has 1 unspecified atom stereocenters. The maximum atomic E-state index is 6.04. The lowest BCUT2D eigenvalue weighted by molar-refractivity contribution is 0.195. The summed E-state index contributed by atoms with van der Waals surface area (Å²) < 4.78 is 6.25. The summed E-state index contributed by atoms with van der Waals surface area (Å²) in [4.78, 5) is 0. The van der Waals surface area contributed by atoms with Gasteiger partial charge in [-0.3, -0.25) is 0 Å². The minimum atomic E-state index is 0.124. The van der Waals surface area contributed by atoms with E-state index in [1.165, 1.54) is 9.13 Å². The Morgan fingerprint density at radius 2 is 2.00 bits per heavy atom. The molecule has 0 aliphatic carbocycles. The second-order valence-electron chi connectivity index (χ2n) is 3.22. The molecule has 1 atom stereocenters. The van der Waals surface area contributed by atoms with Crippen LogP contribution in [0.5, 0.6) is 0 Å². The minimum absolute atomic E-state index is 0.124. The van der Waals surface area contributed by atoms with Crippen LogP contribution in [-0.4, -0.2) is 19.1 Å². The van der Waals surface area contributed by atoms with Crippen molar-refractivity contribution < 1.29 is 4.74 Å². The van der Waals surface area contributed by atoms with Crippen molar-refractivity contribution in [3.05, 3.63) is 33.4 Å². The Kier molecular flexibility index (Phi) is 5.82. The fourth-order valence-electron chi connectivity index (χ4n) is 1.24. The maximum Gasteiger partial charge on any atom is 0.0626 e. The fraction of sp³-hybridized carbons (Fsp3) is 0.455. The number of benzene rings is 1. The van der Waals surface area contributed by atoms with Gasteiger partial charge in [-0.25, -0.2) is 0 Å². The molecule has 0 spiro atoms. The Morgan fingerprint density at radius 1 is 1.36 bits per heavy atom.